The second-order valence-corrected chi connectivity index (χ2v) is 6.55. The van der Waals surface area contributed by atoms with Crippen molar-refractivity contribution in [2.24, 2.45) is 0 Å². The second kappa shape index (κ2) is 6.63. The summed E-state index contributed by atoms with van der Waals surface area (Å²) in [6.07, 6.45) is 1.09. The predicted molar refractivity (Wildman–Crippen MR) is 90.8 cm³/mol. The molecule has 1 heterocycles. The number of nitrogens with one attached hydrogen (secondary N) is 1. The minimum atomic E-state index is 0.303. The lowest BCUT2D eigenvalue weighted by atomic mass is 10.0. The smallest absolute Gasteiger partial charge is 0.121 e. The van der Waals surface area contributed by atoms with Crippen LogP contribution in [-0.4, -0.2) is 12.4 Å². The first-order valence-corrected chi connectivity index (χ1v) is 8.54. The van der Waals surface area contributed by atoms with Crippen molar-refractivity contribution in [2.45, 2.75) is 24.3 Å². The SMILES string of the molecule is CCOc1cccc(NC2CCSc3ccc(Cl)cc32)c1. The molecule has 0 radical (unpaired) electrons. The van der Waals surface area contributed by atoms with E-state index in [9.17, 15) is 0 Å². The number of fused-ring (bicyclic) bond motifs is 1. The molecule has 2 nitrogen and oxygen atoms in total. The fourth-order valence-electron chi connectivity index (χ4n) is 2.56. The minimum absolute atomic E-state index is 0.303. The van der Waals surface area contributed by atoms with Gasteiger partial charge in [-0.1, -0.05) is 17.7 Å². The number of thioether (sulfide) groups is 1. The molecule has 2 aromatic carbocycles. The molecular formula is C17H18ClNOS. The first-order chi connectivity index (χ1) is 10.3. The number of anilines is 1. The molecule has 0 amide bonds. The molecular weight excluding hydrogens is 302 g/mol. The van der Waals surface area contributed by atoms with Gasteiger partial charge < -0.3 is 10.1 Å². The zero-order valence-electron chi connectivity index (χ0n) is 11.9. The van der Waals surface area contributed by atoms with E-state index in [1.807, 2.05) is 36.9 Å². The van der Waals surface area contributed by atoms with Crippen molar-refractivity contribution in [1.29, 1.82) is 0 Å². The summed E-state index contributed by atoms with van der Waals surface area (Å²) < 4.78 is 5.56. The van der Waals surface area contributed by atoms with Gasteiger partial charge in [-0.25, -0.2) is 0 Å². The number of benzene rings is 2. The largest absolute Gasteiger partial charge is 0.494 e. The van der Waals surface area contributed by atoms with Crippen LogP contribution >= 0.6 is 23.4 Å². The fourth-order valence-corrected chi connectivity index (χ4v) is 3.84. The van der Waals surface area contributed by atoms with E-state index >= 15 is 0 Å². The van der Waals surface area contributed by atoms with E-state index in [4.69, 9.17) is 16.3 Å². The summed E-state index contributed by atoms with van der Waals surface area (Å²) in [7, 11) is 0. The third-order valence-corrected chi connectivity index (χ3v) is 4.85. The van der Waals surface area contributed by atoms with E-state index < -0.39 is 0 Å². The molecule has 21 heavy (non-hydrogen) atoms. The summed E-state index contributed by atoms with van der Waals surface area (Å²) in [5, 5.41) is 4.41. The van der Waals surface area contributed by atoms with Crippen molar-refractivity contribution in [3.05, 3.63) is 53.1 Å². The molecule has 4 heteroatoms. The topological polar surface area (TPSA) is 21.3 Å². The van der Waals surface area contributed by atoms with Gasteiger partial charge in [-0.05, 0) is 49.2 Å². The molecule has 0 bridgehead atoms. The summed E-state index contributed by atoms with van der Waals surface area (Å²) >= 11 is 8.05. The Balaban J connectivity index is 1.83. The van der Waals surface area contributed by atoms with Gasteiger partial charge in [0.1, 0.15) is 5.75 Å². The number of hydrogen-bond donors (Lipinski definition) is 1. The zero-order valence-corrected chi connectivity index (χ0v) is 13.5. The highest BCUT2D eigenvalue weighted by molar-refractivity contribution is 7.99. The van der Waals surface area contributed by atoms with Crippen molar-refractivity contribution in [3.8, 4) is 5.75 Å². The van der Waals surface area contributed by atoms with Crippen molar-refractivity contribution in [2.75, 3.05) is 17.7 Å². The highest BCUT2D eigenvalue weighted by atomic mass is 35.5. The van der Waals surface area contributed by atoms with Crippen LogP contribution in [0.15, 0.2) is 47.4 Å². The average molecular weight is 320 g/mol. The summed E-state index contributed by atoms with van der Waals surface area (Å²) in [4.78, 5) is 1.32. The fraction of sp³-hybridized carbons (Fsp3) is 0.294. The lowest BCUT2D eigenvalue weighted by molar-refractivity contribution is 0.340. The van der Waals surface area contributed by atoms with Gasteiger partial charge in [-0.2, -0.15) is 0 Å². The molecule has 0 aliphatic carbocycles. The van der Waals surface area contributed by atoms with E-state index in [-0.39, 0.29) is 0 Å². The Morgan fingerprint density at radius 1 is 1.29 bits per heavy atom. The lowest BCUT2D eigenvalue weighted by Gasteiger charge is -2.27. The molecule has 0 saturated carbocycles. The average Bonchev–Trinajstić information content (AvgIpc) is 2.49. The maximum Gasteiger partial charge on any atom is 0.121 e. The van der Waals surface area contributed by atoms with Gasteiger partial charge in [-0.15, -0.1) is 11.8 Å². The van der Waals surface area contributed by atoms with Gasteiger partial charge in [0, 0.05) is 27.4 Å². The Hall–Kier alpha value is -1.32. The van der Waals surface area contributed by atoms with Crippen molar-refractivity contribution < 1.29 is 4.74 Å². The van der Waals surface area contributed by atoms with Gasteiger partial charge in [0.15, 0.2) is 0 Å². The lowest BCUT2D eigenvalue weighted by Crippen LogP contribution is -2.16. The molecule has 110 valence electrons. The molecule has 0 spiro atoms. The quantitative estimate of drug-likeness (QED) is 0.816. The summed E-state index contributed by atoms with van der Waals surface area (Å²) in [6.45, 7) is 2.68. The van der Waals surface area contributed by atoms with Crippen LogP contribution in [0.2, 0.25) is 5.02 Å². The van der Waals surface area contributed by atoms with Crippen LogP contribution in [-0.2, 0) is 0 Å². The Labute approximate surface area is 134 Å². The third-order valence-electron chi connectivity index (χ3n) is 3.50. The molecule has 1 unspecified atom stereocenters. The maximum absolute atomic E-state index is 6.15. The summed E-state index contributed by atoms with van der Waals surface area (Å²) in [6, 6.07) is 14.6. The van der Waals surface area contributed by atoms with Gasteiger partial charge in [0.2, 0.25) is 0 Å². The normalized spacial score (nSPS) is 17.1. The molecule has 2 aromatic rings. The molecule has 0 fully saturated rings. The van der Waals surface area contributed by atoms with E-state index in [0.717, 1.165) is 28.6 Å². The van der Waals surface area contributed by atoms with Crippen LogP contribution in [0, 0.1) is 0 Å². The van der Waals surface area contributed by atoms with Crippen molar-refractivity contribution in [3.63, 3.8) is 0 Å². The highest BCUT2D eigenvalue weighted by Gasteiger charge is 2.21. The molecule has 0 saturated heterocycles. The first kappa shape index (κ1) is 14.6. The Bertz CT molecular complexity index is 632. The number of rotatable bonds is 4. The Morgan fingerprint density at radius 3 is 3.05 bits per heavy atom. The Kier molecular flexibility index (Phi) is 4.61. The molecule has 1 atom stereocenters. The van der Waals surface area contributed by atoms with Crippen LogP contribution in [0.5, 0.6) is 5.75 Å². The van der Waals surface area contributed by atoms with Crippen LogP contribution < -0.4 is 10.1 Å². The second-order valence-electron chi connectivity index (χ2n) is 4.98. The van der Waals surface area contributed by atoms with Gasteiger partial charge in [0.05, 0.1) is 12.6 Å². The van der Waals surface area contributed by atoms with Crippen LogP contribution in [0.4, 0.5) is 5.69 Å². The Morgan fingerprint density at radius 2 is 2.19 bits per heavy atom. The van der Waals surface area contributed by atoms with Crippen LogP contribution in [0.1, 0.15) is 24.9 Å². The van der Waals surface area contributed by atoms with Gasteiger partial charge in [-0.3, -0.25) is 0 Å². The van der Waals surface area contributed by atoms with E-state index in [1.165, 1.54) is 10.5 Å². The van der Waals surface area contributed by atoms with E-state index in [1.54, 1.807) is 0 Å². The molecule has 1 N–H and O–H groups in total. The van der Waals surface area contributed by atoms with Crippen molar-refractivity contribution >= 4 is 29.1 Å². The van der Waals surface area contributed by atoms with Crippen LogP contribution in [0.25, 0.3) is 0 Å². The van der Waals surface area contributed by atoms with Gasteiger partial charge >= 0.3 is 0 Å². The highest BCUT2D eigenvalue weighted by Crippen LogP contribution is 2.39. The molecule has 3 rings (SSSR count). The number of ether oxygens (including phenoxy) is 1. The summed E-state index contributed by atoms with van der Waals surface area (Å²) in [5.41, 5.74) is 2.38. The first-order valence-electron chi connectivity index (χ1n) is 7.18. The molecule has 1 aliphatic heterocycles. The number of hydrogen-bond acceptors (Lipinski definition) is 3. The maximum atomic E-state index is 6.15. The van der Waals surface area contributed by atoms with E-state index in [2.05, 4.69) is 29.6 Å². The van der Waals surface area contributed by atoms with Crippen molar-refractivity contribution in [1.82, 2.24) is 0 Å². The number of halogens is 1. The zero-order chi connectivity index (χ0) is 14.7. The monoisotopic (exact) mass is 319 g/mol. The molecule has 1 aliphatic rings. The standard InChI is InChI=1S/C17H18ClNOS/c1-2-20-14-5-3-4-13(11-14)19-16-8-9-21-17-7-6-12(18)10-15(16)17/h3-7,10-11,16,19H,2,8-9H2,1H3. The van der Waals surface area contributed by atoms with E-state index in [0.29, 0.717) is 12.6 Å². The summed E-state index contributed by atoms with van der Waals surface area (Å²) in [5.74, 6) is 2.02. The molecule has 0 aromatic heterocycles. The predicted octanol–water partition coefficient (Wildman–Crippen LogP) is 5.39. The van der Waals surface area contributed by atoms with Gasteiger partial charge in [0.25, 0.3) is 0 Å². The minimum Gasteiger partial charge on any atom is -0.494 e. The van der Waals surface area contributed by atoms with Crippen LogP contribution in [0.3, 0.4) is 0 Å². The third kappa shape index (κ3) is 3.47.